The first-order valence-corrected chi connectivity index (χ1v) is 4.55. The number of cyclic esters (lactones) is 1. The minimum atomic E-state index is -0.894. The fourth-order valence-electron chi connectivity index (χ4n) is 2.16. The molecule has 1 saturated carbocycles. The zero-order valence-electron chi connectivity index (χ0n) is 7.28. The van der Waals surface area contributed by atoms with Crippen molar-refractivity contribution in [3.63, 3.8) is 0 Å². The summed E-state index contributed by atoms with van der Waals surface area (Å²) in [7, 11) is 0. The van der Waals surface area contributed by atoms with E-state index in [-0.39, 0.29) is 23.9 Å². The van der Waals surface area contributed by atoms with Gasteiger partial charge in [-0.1, -0.05) is 6.42 Å². The second-order valence-electron chi connectivity index (χ2n) is 3.96. The molecule has 4 heteroatoms. The Morgan fingerprint density at radius 3 is 2.69 bits per heavy atom. The zero-order chi connectivity index (χ0) is 9.47. The standard InChI is InChI=1S/C9H12O4/c10-7(11)4-6-5-9(2-1-3-9)8(12)13-6/h6H,1-5H2,(H,10,11)/t6-/m0/s1. The lowest BCUT2D eigenvalue weighted by atomic mass is 9.67. The predicted molar refractivity (Wildman–Crippen MR) is 43.0 cm³/mol. The van der Waals surface area contributed by atoms with Gasteiger partial charge in [-0.3, -0.25) is 9.59 Å². The molecule has 1 saturated heterocycles. The predicted octanol–water partition coefficient (Wildman–Crippen LogP) is 0.947. The number of esters is 1. The number of aliphatic carboxylic acids is 1. The largest absolute Gasteiger partial charge is 0.481 e. The molecule has 13 heavy (non-hydrogen) atoms. The Morgan fingerprint density at radius 1 is 1.62 bits per heavy atom. The molecule has 0 aromatic heterocycles. The molecule has 0 aromatic rings. The molecule has 2 aliphatic rings. The Morgan fingerprint density at radius 2 is 2.31 bits per heavy atom. The molecular weight excluding hydrogens is 172 g/mol. The van der Waals surface area contributed by atoms with E-state index in [0.717, 1.165) is 19.3 Å². The number of carboxylic acids is 1. The van der Waals surface area contributed by atoms with Gasteiger partial charge in [0.25, 0.3) is 0 Å². The van der Waals surface area contributed by atoms with E-state index in [1.807, 2.05) is 0 Å². The number of carboxylic acid groups (broad SMARTS) is 1. The van der Waals surface area contributed by atoms with Crippen LogP contribution in [-0.2, 0) is 14.3 Å². The van der Waals surface area contributed by atoms with E-state index in [4.69, 9.17) is 9.84 Å². The van der Waals surface area contributed by atoms with E-state index in [1.54, 1.807) is 0 Å². The van der Waals surface area contributed by atoms with Crippen molar-refractivity contribution < 1.29 is 19.4 Å². The summed E-state index contributed by atoms with van der Waals surface area (Å²) in [5, 5.41) is 8.53. The maximum Gasteiger partial charge on any atom is 0.312 e. The third-order valence-corrected chi connectivity index (χ3v) is 3.04. The van der Waals surface area contributed by atoms with Crippen LogP contribution in [0.4, 0.5) is 0 Å². The number of carbonyl (C=O) groups is 2. The highest BCUT2D eigenvalue weighted by Gasteiger charge is 2.52. The van der Waals surface area contributed by atoms with Crippen LogP contribution in [0.1, 0.15) is 32.1 Å². The lowest BCUT2D eigenvalue weighted by Gasteiger charge is -2.33. The summed E-state index contributed by atoms with van der Waals surface area (Å²) in [6, 6.07) is 0. The molecule has 1 heterocycles. The minimum Gasteiger partial charge on any atom is -0.481 e. The Hall–Kier alpha value is -1.06. The van der Waals surface area contributed by atoms with Crippen molar-refractivity contribution in [2.24, 2.45) is 5.41 Å². The van der Waals surface area contributed by atoms with Crippen LogP contribution >= 0.6 is 0 Å². The van der Waals surface area contributed by atoms with Gasteiger partial charge < -0.3 is 9.84 Å². The van der Waals surface area contributed by atoms with Crippen LogP contribution in [0, 0.1) is 5.41 Å². The molecule has 0 bridgehead atoms. The van der Waals surface area contributed by atoms with Crippen LogP contribution in [0.15, 0.2) is 0 Å². The van der Waals surface area contributed by atoms with Crippen molar-refractivity contribution in [1.29, 1.82) is 0 Å². The third kappa shape index (κ3) is 1.30. The normalized spacial score (nSPS) is 29.8. The van der Waals surface area contributed by atoms with Crippen LogP contribution in [0.3, 0.4) is 0 Å². The van der Waals surface area contributed by atoms with Gasteiger partial charge in [-0.2, -0.15) is 0 Å². The molecule has 1 aliphatic heterocycles. The van der Waals surface area contributed by atoms with Crippen molar-refractivity contribution in [3.8, 4) is 0 Å². The summed E-state index contributed by atoms with van der Waals surface area (Å²) in [6.07, 6.45) is 3.00. The molecule has 0 unspecified atom stereocenters. The second-order valence-corrected chi connectivity index (χ2v) is 3.96. The van der Waals surface area contributed by atoms with Gasteiger partial charge in [-0.25, -0.2) is 0 Å². The molecule has 0 radical (unpaired) electrons. The topological polar surface area (TPSA) is 63.6 Å². The quantitative estimate of drug-likeness (QED) is 0.649. The highest BCUT2D eigenvalue weighted by Crippen LogP contribution is 2.50. The lowest BCUT2D eigenvalue weighted by Crippen LogP contribution is -2.33. The van der Waals surface area contributed by atoms with E-state index >= 15 is 0 Å². The van der Waals surface area contributed by atoms with Gasteiger partial charge in [-0.05, 0) is 12.8 Å². The van der Waals surface area contributed by atoms with Gasteiger partial charge in [0.15, 0.2) is 0 Å². The Bertz CT molecular complexity index is 254. The molecule has 2 fully saturated rings. The van der Waals surface area contributed by atoms with Crippen LogP contribution < -0.4 is 0 Å². The fraction of sp³-hybridized carbons (Fsp3) is 0.778. The molecule has 2 rings (SSSR count). The average molecular weight is 184 g/mol. The Kier molecular flexibility index (Phi) is 1.78. The van der Waals surface area contributed by atoms with Gasteiger partial charge >= 0.3 is 11.9 Å². The first kappa shape index (κ1) is 8.53. The van der Waals surface area contributed by atoms with Gasteiger partial charge in [0.1, 0.15) is 6.10 Å². The van der Waals surface area contributed by atoms with Gasteiger partial charge in [0.2, 0.25) is 0 Å². The van der Waals surface area contributed by atoms with E-state index in [0.29, 0.717) is 6.42 Å². The van der Waals surface area contributed by atoms with Crippen molar-refractivity contribution in [2.75, 3.05) is 0 Å². The fourth-order valence-corrected chi connectivity index (χ4v) is 2.16. The summed E-state index contributed by atoms with van der Waals surface area (Å²) in [5.74, 6) is -1.07. The van der Waals surface area contributed by atoms with Crippen molar-refractivity contribution >= 4 is 11.9 Å². The maximum absolute atomic E-state index is 11.4. The minimum absolute atomic E-state index is 0.0481. The maximum atomic E-state index is 11.4. The molecule has 1 aliphatic carbocycles. The van der Waals surface area contributed by atoms with Crippen LogP contribution in [0.2, 0.25) is 0 Å². The number of hydrogen-bond donors (Lipinski definition) is 1. The Labute approximate surface area is 75.9 Å². The summed E-state index contributed by atoms with van der Waals surface area (Å²) < 4.78 is 5.01. The van der Waals surface area contributed by atoms with Crippen molar-refractivity contribution in [2.45, 2.75) is 38.2 Å². The summed E-state index contributed by atoms with van der Waals surface area (Å²) >= 11 is 0. The van der Waals surface area contributed by atoms with E-state index in [1.165, 1.54) is 0 Å². The molecule has 1 spiro atoms. The zero-order valence-corrected chi connectivity index (χ0v) is 7.28. The number of carbonyl (C=O) groups excluding carboxylic acids is 1. The number of rotatable bonds is 2. The van der Waals surface area contributed by atoms with E-state index in [2.05, 4.69) is 0 Å². The van der Waals surface area contributed by atoms with Crippen LogP contribution in [0.5, 0.6) is 0 Å². The molecular formula is C9H12O4. The molecule has 4 nitrogen and oxygen atoms in total. The average Bonchev–Trinajstić information content (AvgIpc) is 2.24. The molecule has 0 aromatic carbocycles. The summed E-state index contributed by atoms with van der Waals surface area (Å²) in [5.41, 5.74) is -0.292. The lowest BCUT2D eigenvalue weighted by molar-refractivity contribution is -0.153. The Balaban J connectivity index is 1.98. The van der Waals surface area contributed by atoms with Gasteiger partial charge in [-0.15, -0.1) is 0 Å². The first-order valence-electron chi connectivity index (χ1n) is 4.55. The summed E-state index contributed by atoms with van der Waals surface area (Å²) in [4.78, 5) is 21.7. The van der Waals surface area contributed by atoms with Gasteiger partial charge in [0.05, 0.1) is 11.8 Å². The monoisotopic (exact) mass is 184 g/mol. The number of hydrogen-bond acceptors (Lipinski definition) is 3. The second kappa shape index (κ2) is 2.72. The van der Waals surface area contributed by atoms with E-state index in [9.17, 15) is 9.59 Å². The van der Waals surface area contributed by atoms with Crippen molar-refractivity contribution in [3.05, 3.63) is 0 Å². The third-order valence-electron chi connectivity index (χ3n) is 3.04. The summed E-state index contributed by atoms with van der Waals surface area (Å²) in [6.45, 7) is 0. The molecule has 0 amide bonds. The first-order chi connectivity index (χ1) is 6.12. The molecule has 1 N–H and O–H groups in total. The van der Waals surface area contributed by atoms with Gasteiger partial charge in [0, 0.05) is 6.42 Å². The highest BCUT2D eigenvalue weighted by molar-refractivity contribution is 5.81. The van der Waals surface area contributed by atoms with Crippen molar-refractivity contribution in [1.82, 2.24) is 0 Å². The van der Waals surface area contributed by atoms with E-state index < -0.39 is 5.97 Å². The molecule has 72 valence electrons. The highest BCUT2D eigenvalue weighted by atomic mass is 16.6. The SMILES string of the molecule is O=C(O)C[C@H]1CC2(CCC2)C(=O)O1. The molecule has 1 atom stereocenters. The smallest absolute Gasteiger partial charge is 0.312 e. The van der Waals surface area contributed by atoms with Crippen LogP contribution in [0.25, 0.3) is 0 Å². The number of ether oxygens (including phenoxy) is 1. The van der Waals surface area contributed by atoms with Crippen LogP contribution in [-0.4, -0.2) is 23.1 Å².